The Morgan fingerprint density at radius 3 is 2.47 bits per heavy atom. The first-order valence-electron chi connectivity index (χ1n) is 6.07. The standard InChI is InChI=1S/C13H17NO2S/c1-10-5-7-11(8-6-10)17(15,16)14-12-4-3-9-13(12,14)2/h5-8,12H,3-4,9H2,1-2H3/t12-,13+,14?/m1/s1. The van der Waals surface area contributed by atoms with E-state index < -0.39 is 10.0 Å². The molecule has 3 rings (SSSR count). The molecule has 0 N–H and O–H groups in total. The van der Waals surface area contributed by atoms with Crippen molar-refractivity contribution >= 4 is 10.0 Å². The maximum absolute atomic E-state index is 12.5. The van der Waals surface area contributed by atoms with Gasteiger partial charge in [-0.3, -0.25) is 0 Å². The minimum Gasteiger partial charge on any atom is -0.207 e. The van der Waals surface area contributed by atoms with Crippen molar-refractivity contribution < 1.29 is 8.42 Å². The molecule has 1 aromatic rings. The Morgan fingerprint density at radius 1 is 1.29 bits per heavy atom. The fourth-order valence-corrected chi connectivity index (χ4v) is 5.18. The molecule has 0 spiro atoms. The number of rotatable bonds is 2. The van der Waals surface area contributed by atoms with E-state index in [-0.39, 0.29) is 11.6 Å². The Hall–Kier alpha value is -0.870. The van der Waals surface area contributed by atoms with Crippen molar-refractivity contribution in [2.45, 2.75) is 49.6 Å². The van der Waals surface area contributed by atoms with Gasteiger partial charge in [0.05, 0.1) is 10.4 Å². The Morgan fingerprint density at radius 2 is 1.94 bits per heavy atom. The number of hydrogen-bond acceptors (Lipinski definition) is 2. The quantitative estimate of drug-likeness (QED) is 0.756. The highest BCUT2D eigenvalue weighted by molar-refractivity contribution is 7.89. The summed E-state index contributed by atoms with van der Waals surface area (Å²) in [5.74, 6) is 0. The summed E-state index contributed by atoms with van der Waals surface area (Å²) in [7, 11) is -3.27. The average molecular weight is 251 g/mol. The summed E-state index contributed by atoms with van der Waals surface area (Å²) in [6, 6.07) is 7.38. The van der Waals surface area contributed by atoms with Crippen LogP contribution in [0.1, 0.15) is 31.7 Å². The third kappa shape index (κ3) is 1.47. The van der Waals surface area contributed by atoms with Crippen LogP contribution in [0.25, 0.3) is 0 Å². The number of sulfonamides is 1. The van der Waals surface area contributed by atoms with Crippen LogP contribution < -0.4 is 0 Å². The Labute approximate surface area is 102 Å². The van der Waals surface area contributed by atoms with Crippen LogP contribution >= 0.6 is 0 Å². The zero-order valence-electron chi connectivity index (χ0n) is 10.2. The molecule has 0 bridgehead atoms. The molecule has 3 nitrogen and oxygen atoms in total. The molecule has 0 radical (unpaired) electrons. The van der Waals surface area contributed by atoms with Crippen LogP contribution in [-0.4, -0.2) is 24.3 Å². The predicted molar refractivity (Wildman–Crippen MR) is 66.2 cm³/mol. The van der Waals surface area contributed by atoms with E-state index in [1.807, 2.05) is 19.1 Å². The summed E-state index contributed by atoms with van der Waals surface area (Å²) in [5, 5.41) is 0. The molecule has 2 aliphatic rings. The van der Waals surface area contributed by atoms with Crippen molar-refractivity contribution in [2.24, 2.45) is 0 Å². The van der Waals surface area contributed by atoms with E-state index >= 15 is 0 Å². The third-order valence-corrected chi connectivity index (χ3v) is 6.23. The van der Waals surface area contributed by atoms with Crippen molar-refractivity contribution in [3.63, 3.8) is 0 Å². The number of hydrogen-bond donors (Lipinski definition) is 0. The SMILES string of the molecule is Cc1ccc(S(=O)(=O)N2[C@@H]3CCC[C@@]32C)cc1. The van der Waals surface area contributed by atoms with Crippen LogP contribution in [-0.2, 0) is 10.0 Å². The molecule has 1 aliphatic heterocycles. The maximum atomic E-state index is 12.5. The molecule has 0 aromatic heterocycles. The molecule has 1 unspecified atom stereocenters. The number of piperidine rings is 1. The molecule has 1 saturated heterocycles. The van der Waals surface area contributed by atoms with Gasteiger partial charge in [-0.1, -0.05) is 17.7 Å². The number of fused-ring (bicyclic) bond motifs is 1. The van der Waals surface area contributed by atoms with Gasteiger partial charge in [-0.25, -0.2) is 8.42 Å². The van der Waals surface area contributed by atoms with Gasteiger partial charge in [0.1, 0.15) is 0 Å². The normalized spacial score (nSPS) is 35.6. The van der Waals surface area contributed by atoms with Gasteiger partial charge >= 0.3 is 0 Å². The van der Waals surface area contributed by atoms with Crippen LogP contribution in [0.5, 0.6) is 0 Å². The fourth-order valence-electron chi connectivity index (χ4n) is 3.09. The lowest BCUT2D eigenvalue weighted by molar-refractivity contribution is 0.475. The van der Waals surface area contributed by atoms with Gasteiger partial charge in [0, 0.05) is 6.04 Å². The molecule has 1 heterocycles. The van der Waals surface area contributed by atoms with E-state index in [1.54, 1.807) is 16.4 Å². The second kappa shape index (κ2) is 3.33. The highest BCUT2D eigenvalue weighted by Gasteiger charge is 2.67. The van der Waals surface area contributed by atoms with E-state index in [4.69, 9.17) is 0 Å². The molecule has 3 atom stereocenters. The summed E-state index contributed by atoms with van der Waals surface area (Å²) in [6.45, 7) is 4.03. The molecule has 0 amide bonds. The van der Waals surface area contributed by atoms with E-state index in [1.165, 1.54) is 0 Å². The first kappa shape index (κ1) is 11.2. The zero-order valence-corrected chi connectivity index (χ0v) is 11.0. The van der Waals surface area contributed by atoms with Crippen LogP contribution in [0.3, 0.4) is 0 Å². The Bertz CT molecular complexity index is 549. The number of nitrogens with zero attached hydrogens (tertiary/aromatic N) is 1. The van der Waals surface area contributed by atoms with Gasteiger partial charge < -0.3 is 0 Å². The first-order chi connectivity index (χ1) is 7.96. The third-order valence-electron chi connectivity index (χ3n) is 4.17. The van der Waals surface area contributed by atoms with Gasteiger partial charge in [0.2, 0.25) is 10.0 Å². The van der Waals surface area contributed by atoms with E-state index in [9.17, 15) is 8.42 Å². The summed E-state index contributed by atoms with van der Waals surface area (Å²) in [6.07, 6.45) is 3.17. The molecule has 92 valence electrons. The predicted octanol–water partition coefficient (Wildman–Crippen LogP) is 2.31. The minimum absolute atomic E-state index is 0.0935. The number of benzene rings is 1. The molecule has 17 heavy (non-hydrogen) atoms. The fraction of sp³-hybridized carbons (Fsp3) is 0.538. The summed E-state index contributed by atoms with van der Waals surface area (Å²) in [5.41, 5.74) is 0.991. The van der Waals surface area contributed by atoms with Gasteiger partial charge in [-0.05, 0) is 45.2 Å². The molecule has 4 heteroatoms. The van der Waals surface area contributed by atoms with Gasteiger partial charge in [0.25, 0.3) is 0 Å². The Kier molecular flexibility index (Phi) is 2.20. The van der Waals surface area contributed by atoms with Gasteiger partial charge in [-0.2, -0.15) is 4.31 Å². The van der Waals surface area contributed by atoms with Crippen LogP contribution in [0, 0.1) is 6.92 Å². The van der Waals surface area contributed by atoms with E-state index in [0.29, 0.717) is 4.90 Å². The second-order valence-corrected chi connectivity index (χ2v) is 7.19. The second-order valence-electron chi connectivity index (χ2n) is 5.38. The smallest absolute Gasteiger partial charge is 0.207 e. The largest absolute Gasteiger partial charge is 0.243 e. The molecule has 1 aliphatic carbocycles. The van der Waals surface area contributed by atoms with Crippen molar-refractivity contribution in [3.05, 3.63) is 29.8 Å². The summed E-state index contributed by atoms with van der Waals surface area (Å²) >= 11 is 0. The van der Waals surface area contributed by atoms with Crippen LogP contribution in [0.2, 0.25) is 0 Å². The molecular formula is C13H17NO2S. The van der Waals surface area contributed by atoms with Crippen molar-refractivity contribution in [3.8, 4) is 0 Å². The maximum Gasteiger partial charge on any atom is 0.243 e. The first-order valence-corrected chi connectivity index (χ1v) is 7.51. The molecule has 2 fully saturated rings. The topological polar surface area (TPSA) is 37.1 Å². The molecule has 1 saturated carbocycles. The summed E-state index contributed by atoms with van der Waals surface area (Å²) < 4.78 is 26.6. The summed E-state index contributed by atoms with van der Waals surface area (Å²) in [4.78, 5) is 0.429. The van der Waals surface area contributed by atoms with Crippen LogP contribution in [0.15, 0.2) is 29.2 Å². The van der Waals surface area contributed by atoms with E-state index in [0.717, 1.165) is 24.8 Å². The van der Waals surface area contributed by atoms with Crippen molar-refractivity contribution in [1.29, 1.82) is 0 Å². The molecular weight excluding hydrogens is 234 g/mol. The molecule has 1 aromatic carbocycles. The lowest BCUT2D eigenvalue weighted by Gasteiger charge is -2.13. The highest BCUT2D eigenvalue weighted by Crippen LogP contribution is 2.55. The lowest BCUT2D eigenvalue weighted by atomic mass is 10.1. The highest BCUT2D eigenvalue weighted by atomic mass is 32.2. The minimum atomic E-state index is -3.27. The van der Waals surface area contributed by atoms with Crippen LogP contribution in [0.4, 0.5) is 0 Å². The van der Waals surface area contributed by atoms with Crippen molar-refractivity contribution in [1.82, 2.24) is 4.31 Å². The lowest BCUT2D eigenvalue weighted by Crippen LogP contribution is -2.21. The van der Waals surface area contributed by atoms with E-state index in [2.05, 4.69) is 6.92 Å². The Balaban J connectivity index is 1.96. The average Bonchev–Trinajstić information content (AvgIpc) is 2.68. The van der Waals surface area contributed by atoms with Crippen molar-refractivity contribution in [2.75, 3.05) is 0 Å². The monoisotopic (exact) mass is 251 g/mol. The zero-order chi connectivity index (χ0) is 12.3. The van der Waals surface area contributed by atoms with Gasteiger partial charge in [0.15, 0.2) is 0 Å². The van der Waals surface area contributed by atoms with Gasteiger partial charge in [-0.15, -0.1) is 0 Å². The number of aryl methyl sites for hydroxylation is 1.